The maximum Gasteiger partial charge on any atom is 0.131 e. The van der Waals surface area contributed by atoms with Gasteiger partial charge in [0.05, 0.1) is 6.10 Å². The van der Waals surface area contributed by atoms with Crippen molar-refractivity contribution in [2.24, 2.45) is 0 Å². The minimum absolute atomic E-state index is 0.228. The highest BCUT2D eigenvalue weighted by atomic mass is 19.1. The fraction of sp³-hybridized carbons (Fsp3) is 0.200. The number of benzene rings is 2. The molecule has 0 aliphatic carbocycles. The number of hydrogen-bond acceptors (Lipinski definition) is 1. The molecule has 0 radical (unpaired) electrons. The minimum Gasteiger partial charge on any atom is -0.393 e. The molecule has 0 aliphatic heterocycles. The number of halogens is 2. The molecule has 0 saturated carbocycles. The molecular formula is C15H14F2O. The summed E-state index contributed by atoms with van der Waals surface area (Å²) in [7, 11) is 0. The molecule has 2 rings (SSSR count). The SMILES string of the molecule is CC(O)Cc1ccc(F)c(-c2ccccc2F)c1. The van der Waals surface area contributed by atoms with Gasteiger partial charge in [0, 0.05) is 11.1 Å². The van der Waals surface area contributed by atoms with Gasteiger partial charge in [0.1, 0.15) is 11.6 Å². The van der Waals surface area contributed by atoms with E-state index in [1.54, 1.807) is 37.3 Å². The van der Waals surface area contributed by atoms with Crippen LogP contribution in [0.15, 0.2) is 42.5 Å². The van der Waals surface area contributed by atoms with Crippen LogP contribution in [0.5, 0.6) is 0 Å². The van der Waals surface area contributed by atoms with Crippen molar-refractivity contribution < 1.29 is 13.9 Å². The summed E-state index contributed by atoms with van der Waals surface area (Å²) in [6.45, 7) is 1.66. The van der Waals surface area contributed by atoms with E-state index in [4.69, 9.17) is 0 Å². The van der Waals surface area contributed by atoms with E-state index in [0.29, 0.717) is 6.42 Å². The summed E-state index contributed by atoms with van der Waals surface area (Å²) < 4.78 is 27.4. The van der Waals surface area contributed by atoms with Gasteiger partial charge in [-0.25, -0.2) is 8.78 Å². The molecule has 0 aliphatic rings. The maximum atomic E-state index is 13.7. The third-order valence-electron chi connectivity index (χ3n) is 2.73. The van der Waals surface area contributed by atoms with Crippen LogP contribution in [0, 0.1) is 11.6 Å². The molecule has 0 heterocycles. The second-order valence-corrected chi connectivity index (χ2v) is 4.35. The van der Waals surface area contributed by atoms with Crippen molar-refractivity contribution in [2.45, 2.75) is 19.4 Å². The van der Waals surface area contributed by atoms with Crippen molar-refractivity contribution in [3.05, 3.63) is 59.7 Å². The third kappa shape index (κ3) is 2.74. The van der Waals surface area contributed by atoms with Gasteiger partial charge in [0.25, 0.3) is 0 Å². The van der Waals surface area contributed by atoms with Gasteiger partial charge >= 0.3 is 0 Å². The summed E-state index contributed by atoms with van der Waals surface area (Å²) in [5, 5.41) is 9.32. The molecule has 2 aromatic rings. The summed E-state index contributed by atoms with van der Waals surface area (Å²) in [6.07, 6.45) is -0.0919. The lowest BCUT2D eigenvalue weighted by Crippen LogP contribution is -2.04. The number of aliphatic hydroxyl groups excluding tert-OH is 1. The lowest BCUT2D eigenvalue weighted by molar-refractivity contribution is 0.195. The van der Waals surface area contributed by atoms with Crippen molar-refractivity contribution in [1.82, 2.24) is 0 Å². The molecule has 0 fully saturated rings. The van der Waals surface area contributed by atoms with Crippen LogP contribution in [0.2, 0.25) is 0 Å². The Hall–Kier alpha value is -1.74. The summed E-state index contributed by atoms with van der Waals surface area (Å²) in [4.78, 5) is 0. The molecule has 3 heteroatoms. The lowest BCUT2D eigenvalue weighted by Gasteiger charge is -2.09. The van der Waals surface area contributed by atoms with E-state index in [1.807, 2.05) is 0 Å². The monoisotopic (exact) mass is 248 g/mol. The van der Waals surface area contributed by atoms with Gasteiger partial charge in [0.2, 0.25) is 0 Å². The van der Waals surface area contributed by atoms with Crippen LogP contribution >= 0.6 is 0 Å². The van der Waals surface area contributed by atoms with E-state index in [2.05, 4.69) is 0 Å². The van der Waals surface area contributed by atoms with Crippen LogP contribution in [-0.4, -0.2) is 11.2 Å². The Morgan fingerprint density at radius 1 is 1.00 bits per heavy atom. The van der Waals surface area contributed by atoms with E-state index >= 15 is 0 Å². The Kier molecular flexibility index (Phi) is 3.72. The first kappa shape index (κ1) is 12.7. The van der Waals surface area contributed by atoms with Gasteiger partial charge in [-0.3, -0.25) is 0 Å². The zero-order chi connectivity index (χ0) is 13.1. The smallest absolute Gasteiger partial charge is 0.131 e. The molecule has 1 nitrogen and oxygen atoms in total. The molecule has 0 saturated heterocycles. The zero-order valence-corrected chi connectivity index (χ0v) is 10.0. The standard InChI is InChI=1S/C15H14F2O/c1-10(18)8-11-6-7-15(17)13(9-11)12-4-2-3-5-14(12)16/h2-7,9-10,18H,8H2,1H3. The molecule has 0 aromatic heterocycles. The molecule has 1 atom stereocenters. The van der Waals surface area contributed by atoms with E-state index in [9.17, 15) is 13.9 Å². The largest absolute Gasteiger partial charge is 0.393 e. The Morgan fingerprint density at radius 3 is 2.33 bits per heavy atom. The van der Waals surface area contributed by atoms with Crippen LogP contribution in [-0.2, 0) is 6.42 Å². The predicted molar refractivity (Wildman–Crippen MR) is 67.2 cm³/mol. The highest BCUT2D eigenvalue weighted by Gasteiger charge is 2.11. The summed E-state index contributed by atoms with van der Waals surface area (Å²) in [5.41, 5.74) is 1.25. The first-order valence-corrected chi connectivity index (χ1v) is 5.79. The van der Waals surface area contributed by atoms with Crippen LogP contribution in [0.25, 0.3) is 11.1 Å². The Balaban J connectivity index is 2.47. The number of hydrogen-bond donors (Lipinski definition) is 1. The first-order valence-electron chi connectivity index (χ1n) is 5.79. The predicted octanol–water partition coefficient (Wildman–Crippen LogP) is 3.56. The quantitative estimate of drug-likeness (QED) is 0.880. The van der Waals surface area contributed by atoms with Crippen LogP contribution in [0.4, 0.5) is 8.78 Å². The Bertz CT molecular complexity index is 550. The third-order valence-corrected chi connectivity index (χ3v) is 2.73. The Labute approximate surface area is 105 Å². The fourth-order valence-electron chi connectivity index (χ4n) is 1.93. The van der Waals surface area contributed by atoms with Crippen molar-refractivity contribution >= 4 is 0 Å². The number of aliphatic hydroxyl groups is 1. The lowest BCUT2D eigenvalue weighted by atomic mass is 9.99. The van der Waals surface area contributed by atoms with E-state index in [0.717, 1.165) is 5.56 Å². The molecule has 0 bridgehead atoms. The van der Waals surface area contributed by atoms with Gasteiger partial charge in [0.15, 0.2) is 0 Å². The van der Waals surface area contributed by atoms with Crippen molar-refractivity contribution in [3.8, 4) is 11.1 Å². The normalized spacial score (nSPS) is 12.4. The zero-order valence-electron chi connectivity index (χ0n) is 10.0. The first-order chi connectivity index (χ1) is 8.58. The molecule has 18 heavy (non-hydrogen) atoms. The van der Waals surface area contributed by atoms with E-state index in [1.165, 1.54) is 12.1 Å². The van der Waals surface area contributed by atoms with Gasteiger partial charge in [-0.15, -0.1) is 0 Å². The molecule has 1 N–H and O–H groups in total. The highest BCUT2D eigenvalue weighted by molar-refractivity contribution is 5.65. The Morgan fingerprint density at radius 2 is 1.67 bits per heavy atom. The molecule has 0 amide bonds. The maximum absolute atomic E-state index is 13.7. The molecule has 1 unspecified atom stereocenters. The van der Waals surface area contributed by atoms with Crippen LogP contribution in [0.1, 0.15) is 12.5 Å². The summed E-state index contributed by atoms with van der Waals surface area (Å²) in [6, 6.07) is 10.6. The van der Waals surface area contributed by atoms with Crippen LogP contribution in [0.3, 0.4) is 0 Å². The van der Waals surface area contributed by atoms with E-state index in [-0.39, 0.29) is 11.1 Å². The van der Waals surface area contributed by atoms with Crippen LogP contribution < -0.4 is 0 Å². The molecule has 2 aromatic carbocycles. The van der Waals surface area contributed by atoms with Gasteiger partial charge in [-0.1, -0.05) is 24.3 Å². The summed E-state index contributed by atoms with van der Waals surface area (Å²) in [5.74, 6) is -0.917. The average molecular weight is 248 g/mol. The van der Waals surface area contributed by atoms with Gasteiger partial charge < -0.3 is 5.11 Å². The summed E-state index contributed by atoms with van der Waals surface area (Å²) >= 11 is 0. The highest BCUT2D eigenvalue weighted by Crippen LogP contribution is 2.26. The fourth-order valence-corrected chi connectivity index (χ4v) is 1.93. The van der Waals surface area contributed by atoms with E-state index < -0.39 is 17.7 Å². The minimum atomic E-state index is -0.510. The second kappa shape index (κ2) is 5.27. The number of rotatable bonds is 3. The second-order valence-electron chi connectivity index (χ2n) is 4.35. The topological polar surface area (TPSA) is 20.2 Å². The average Bonchev–Trinajstić information content (AvgIpc) is 2.32. The van der Waals surface area contributed by atoms with Crippen molar-refractivity contribution in [3.63, 3.8) is 0 Å². The van der Waals surface area contributed by atoms with Gasteiger partial charge in [-0.2, -0.15) is 0 Å². The van der Waals surface area contributed by atoms with Crippen molar-refractivity contribution in [1.29, 1.82) is 0 Å². The molecule has 0 spiro atoms. The molecular weight excluding hydrogens is 234 g/mol. The molecule has 94 valence electrons. The van der Waals surface area contributed by atoms with Crippen molar-refractivity contribution in [2.75, 3.05) is 0 Å². The van der Waals surface area contributed by atoms with Gasteiger partial charge in [-0.05, 0) is 37.1 Å².